The predicted octanol–water partition coefficient (Wildman–Crippen LogP) is 4.90. The van der Waals surface area contributed by atoms with Gasteiger partial charge in [-0.05, 0) is 25.0 Å². The molecule has 20 heavy (non-hydrogen) atoms. The summed E-state index contributed by atoms with van der Waals surface area (Å²) in [6.07, 6.45) is 0.986. The van der Waals surface area contributed by atoms with Crippen molar-refractivity contribution in [3.05, 3.63) is 52.9 Å². The molecular formula is C18H15NS. The molecule has 0 saturated heterocycles. The average Bonchev–Trinajstić information content (AvgIpc) is 2.89. The Morgan fingerprint density at radius 1 is 1.20 bits per heavy atom. The van der Waals surface area contributed by atoms with Crippen LogP contribution < -0.4 is 0 Å². The van der Waals surface area contributed by atoms with Gasteiger partial charge in [0.1, 0.15) is 0 Å². The number of benzene rings is 1. The maximum atomic E-state index is 4.90. The van der Waals surface area contributed by atoms with Crippen LogP contribution in [0, 0.1) is 11.8 Å². The molecule has 3 rings (SSSR count). The molecule has 2 heterocycles. The molecule has 3 aromatic rings. The molecule has 0 radical (unpaired) electrons. The van der Waals surface area contributed by atoms with Gasteiger partial charge in [-0.25, -0.2) is 4.98 Å². The highest BCUT2D eigenvalue weighted by Gasteiger charge is 2.11. The molecule has 0 spiro atoms. The van der Waals surface area contributed by atoms with E-state index in [1.165, 1.54) is 15.8 Å². The number of aryl methyl sites for hydroxylation is 1. The molecular weight excluding hydrogens is 262 g/mol. The van der Waals surface area contributed by atoms with Gasteiger partial charge in [0.15, 0.2) is 0 Å². The third-order valence-electron chi connectivity index (χ3n) is 3.31. The number of thiophene rings is 1. The Hall–Kier alpha value is -2.11. The summed E-state index contributed by atoms with van der Waals surface area (Å²) in [6.45, 7) is 4.04. The molecule has 98 valence electrons. The van der Waals surface area contributed by atoms with Gasteiger partial charge >= 0.3 is 0 Å². The van der Waals surface area contributed by atoms with E-state index in [4.69, 9.17) is 4.98 Å². The zero-order valence-corrected chi connectivity index (χ0v) is 12.4. The summed E-state index contributed by atoms with van der Waals surface area (Å²) in [5.41, 5.74) is 5.61. The maximum Gasteiger partial charge on any atom is 0.0973 e. The second kappa shape index (κ2) is 5.48. The highest BCUT2D eigenvalue weighted by atomic mass is 32.1. The van der Waals surface area contributed by atoms with Crippen molar-refractivity contribution in [3.63, 3.8) is 0 Å². The number of pyridine rings is 1. The van der Waals surface area contributed by atoms with Crippen molar-refractivity contribution in [2.75, 3.05) is 0 Å². The van der Waals surface area contributed by atoms with Gasteiger partial charge in [-0.15, -0.1) is 17.3 Å². The lowest BCUT2D eigenvalue weighted by atomic mass is 10.0. The molecule has 0 unspecified atom stereocenters. The SMILES string of the molecule is CC#Cc1csc2cc(CC)c(-c3ccccc3)nc12. The molecule has 0 aliphatic rings. The number of hydrogen-bond acceptors (Lipinski definition) is 2. The first-order valence-corrected chi connectivity index (χ1v) is 7.60. The Bertz CT molecular complexity index is 804. The van der Waals surface area contributed by atoms with E-state index in [0.29, 0.717) is 0 Å². The van der Waals surface area contributed by atoms with Crippen LogP contribution in [0.15, 0.2) is 41.8 Å². The van der Waals surface area contributed by atoms with Gasteiger partial charge < -0.3 is 0 Å². The standard InChI is InChI=1S/C18H15NS/c1-3-8-15-12-20-16-11-13(4-2)17(19-18(15)16)14-9-6-5-7-10-14/h5-7,9-12H,4H2,1-2H3. The van der Waals surface area contributed by atoms with E-state index in [9.17, 15) is 0 Å². The Morgan fingerprint density at radius 3 is 2.70 bits per heavy atom. The van der Waals surface area contributed by atoms with Crippen LogP contribution >= 0.6 is 11.3 Å². The van der Waals surface area contributed by atoms with E-state index in [0.717, 1.165) is 23.2 Å². The lowest BCUT2D eigenvalue weighted by Crippen LogP contribution is -1.92. The Kier molecular flexibility index (Phi) is 3.54. The molecule has 0 aliphatic heterocycles. The summed E-state index contributed by atoms with van der Waals surface area (Å²) >= 11 is 1.72. The lowest BCUT2D eigenvalue weighted by Gasteiger charge is -2.07. The van der Waals surface area contributed by atoms with Gasteiger partial charge in [0.2, 0.25) is 0 Å². The van der Waals surface area contributed by atoms with E-state index in [2.05, 4.69) is 54.5 Å². The summed E-state index contributed by atoms with van der Waals surface area (Å²) in [5, 5.41) is 2.10. The van der Waals surface area contributed by atoms with E-state index in [-0.39, 0.29) is 0 Å². The van der Waals surface area contributed by atoms with Gasteiger partial charge in [0.05, 0.1) is 21.5 Å². The Labute approximate surface area is 123 Å². The van der Waals surface area contributed by atoms with E-state index >= 15 is 0 Å². The molecule has 1 aromatic carbocycles. The van der Waals surface area contributed by atoms with Crippen molar-refractivity contribution in [1.82, 2.24) is 4.98 Å². The van der Waals surface area contributed by atoms with Crippen LogP contribution in [0.2, 0.25) is 0 Å². The molecule has 0 fully saturated rings. The third-order valence-corrected chi connectivity index (χ3v) is 4.23. The van der Waals surface area contributed by atoms with Crippen LogP contribution in [0.3, 0.4) is 0 Å². The second-order valence-corrected chi connectivity index (χ2v) is 5.50. The van der Waals surface area contributed by atoms with Gasteiger partial charge in [-0.3, -0.25) is 0 Å². The van der Waals surface area contributed by atoms with Crippen molar-refractivity contribution in [3.8, 4) is 23.1 Å². The molecule has 2 aromatic heterocycles. The highest BCUT2D eigenvalue weighted by molar-refractivity contribution is 7.17. The summed E-state index contributed by atoms with van der Waals surface area (Å²) < 4.78 is 1.22. The first-order valence-electron chi connectivity index (χ1n) is 6.72. The second-order valence-electron chi connectivity index (χ2n) is 4.59. The number of fused-ring (bicyclic) bond motifs is 1. The molecule has 0 amide bonds. The normalized spacial score (nSPS) is 10.3. The molecule has 0 atom stereocenters. The van der Waals surface area contributed by atoms with Crippen LogP contribution in [-0.4, -0.2) is 4.98 Å². The fourth-order valence-electron chi connectivity index (χ4n) is 2.33. The minimum Gasteiger partial charge on any atom is -0.245 e. The third kappa shape index (κ3) is 2.21. The number of nitrogens with zero attached hydrogens (tertiary/aromatic N) is 1. The molecule has 2 heteroatoms. The first kappa shape index (κ1) is 12.9. The van der Waals surface area contributed by atoms with E-state index in [1.54, 1.807) is 11.3 Å². The van der Waals surface area contributed by atoms with Crippen molar-refractivity contribution in [1.29, 1.82) is 0 Å². The molecule has 0 N–H and O–H groups in total. The van der Waals surface area contributed by atoms with Gasteiger partial charge in [-0.2, -0.15) is 0 Å². The molecule has 0 bridgehead atoms. The van der Waals surface area contributed by atoms with Crippen LogP contribution in [0.25, 0.3) is 21.5 Å². The zero-order valence-electron chi connectivity index (χ0n) is 11.6. The van der Waals surface area contributed by atoms with Crippen molar-refractivity contribution >= 4 is 21.6 Å². The fourth-order valence-corrected chi connectivity index (χ4v) is 3.23. The zero-order chi connectivity index (χ0) is 13.9. The van der Waals surface area contributed by atoms with E-state index in [1.807, 2.05) is 13.0 Å². The minimum atomic E-state index is 0.986. The minimum absolute atomic E-state index is 0.986. The van der Waals surface area contributed by atoms with Gasteiger partial charge in [0, 0.05) is 10.9 Å². The number of rotatable bonds is 2. The number of aromatic nitrogens is 1. The maximum absolute atomic E-state index is 4.90. The quantitative estimate of drug-likeness (QED) is 0.607. The van der Waals surface area contributed by atoms with Crippen molar-refractivity contribution in [2.45, 2.75) is 20.3 Å². The number of hydrogen-bond donors (Lipinski definition) is 0. The topological polar surface area (TPSA) is 12.9 Å². The predicted molar refractivity (Wildman–Crippen MR) is 87.0 cm³/mol. The van der Waals surface area contributed by atoms with Crippen molar-refractivity contribution in [2.24, 2.45) is 0 Å². The fraction of sp³-hybridized carbons (Fsp3) is 0.167. The van der Waals surface area contributed by atoms with Crippen LogP contribution in [0.4, 0.5) is 0 Å². The average molecular weight is 277 g/mol. The summed E-state index contributed by atoms with van der Waals surface area (Å²) in [5.74, 6) is 6.11. The van der Waals surface area contributed by atoms with Crippen LogP contribution in [0.5, 0.6) is 0 Å². The Morgan fingerprint density at radius 2 is 2.00 bits per heavy atom. The molecule has 1 nitrogen and oxygen atoms in total. The first-order chi connectivity index (χ1) is 9.83. The van der Waals surface area contributed by atoms with Gasteiger partial charge in [-0.1, -0.05) is 43.2 Å². The summed E-state index contributed by atoms with van der Waals surface area (Å²) in [7, 11) is 0. The summed E-state index contributed by atoms with van der Waals surface area (Å²) in [6, 6.07) is 12.6. The summed E-state index contributed by atoms with van der Waals surface area (Å²) in [4.78, 5) is 4.90. The van der Waals surface area contributed by atoms with Gasteiger partial charge in [0.25, 0.3) is 0 Å². The molecule has 0 saturated carbocycles. The Balaban J connectivity index is 2.28. The van der Waals surface area contributed by atoms with Crippen molar-refractivity contribution < 1.29 is 0 Å². The highest BCUT2D eigenvalue weighted by Crippen LogP contribution is 2.30. The smallest absolute Gasteiger partial charge is 0.0973 e. The molecule has 0 aliphatic carbocycles. The lowest BCUT2D eigenvalue weighted by molar-refractivity contribution is 1.13. The monoisotopic (exact) mass is 277 g/mol. The van der Waals surface area contributed by atoms with Crippen LogP contribution in [-0.2, 0) is 6.42 Å². The largest absolute Gasteiger partial charge is 0.245 e. The van der Waals surface area contributed by atoms with E-state index < -0.39 is 0 Å². The van der Waals surface area contributed by atoms with Crippen LogP contribution in [0.1, 0.15) is 25.0 Å².